The zero-order valence-electron chi connectivity index (χ0n) is 16.9. The van der Waals surface area contributed by atoms with Gasteiger partial charge in [-0.05, 0) is 38.0 Å². The molecule has 3 rings (SSSR count). The SMILES string of the molecule is CCOCCn1c(=NC(=O)CSCC(=O)N2CCCC2)sc2cc(OC)ccc21. The second-order valence-electron chi connectivity index (χ2n) is 6.65. The molecule has 1 saturated heterocycles. The number of likely N-dealkylation sites (tertiary alicyclic amines) is 1. The van der Waals surface area contributed by atoms with Crippen molar-refractivity contribution >= 4 is 45.1 Å². The van der Waals surface area contributed by atoms with Gasteiger partial charge in [-0.1, -0.05) is 11.3 Å². The van der Waals surface area contributed by atoms with E-state index in [4.69, 9.17) is 9.47 Å². The Bertz CT molecular complexity index is 916. The van der Waals surface area contributed by atoms with Crippen LogP contribution in [0.4, 0.5) is 0 Å². The van der Waals surface area contributed by atoms with Gasteiger partial charge in [0.15, 0.2) is 4.80 Å². The largest absolute Gasteiger partial charge is 0.497 e. The molecule has 1 aliphatic rings. The van der Waals surface area contributed by atoms with Crippen LogP contribution in [-0.4, -0.2) is 66.2 Å². The van der Waals surface area contributed by atoms with E-state index < -0.39 is 0 Å². The molecule has 2 heterocycles. The predicted octanol–water partition coefficient (Wildman–Crippen LogP) is 2.53. The zero-order chi connectivity index (χ0) is 20.6. The first-order valence-electron chi connectivity index (χ1n) is 9.80. The van der Waals surface area contributed by atoms with Crippen molar-refractivity contribution in [1.29, 1.82) is 0 Å². The molecule has 2 amide bonds. The highest BCUT2D eigenvalue weighted by Gasteiger charge is 2.18. The Morgan fingerprint density at radius 3 is 2.76 bits per heavy atom. The molecule has 0 aliphatic carbocycles. The average Bonchev–Trinajstić information content (AvgIpc) is 3.36. The smallest absolute Gasteiger partial charge is 0.258 e. The Hall–Kier alpha value is -1.84. The minimum atomic E-state index is -0.229. The number of nitrogens with zero attached hydrogens (tertiary/aromatic N) is 3. The highest BCUT2D eigenvalue weighted by Crippen LogP contribution is 2.23. The lowest BCUT2D eigenvalue weighted by atomic mass is 10.3. The predicted molar refractivity (Wildman–Crippen MR) is 117 cm³/mol. The van der Waals surface area contributed by atoms with E-state index in [0.29, 0.717) is 30.3 Å². The molecule has 9 heteroatoms. The number of ether oxygens (including phenoxy) is 2. The monoisotopic (exact) mass is 437 g/mol. The number of benzene rings is 1. The maximum atomic E-state index is 12.4. The minimum absolute atomic E-state index is 0.112. The summed E-state index contributed by atoms with van der Waals surface area (Å²) in [6, 6.07) is 5.82. The van der Waals surface area contributed by atoms with Crippen LogP contribution >= 0.6 is 23.1 Å². The fraction of sp³-hybridized carbons (Fsp3) is 0.550. The number of carbonyl (C=O) groups is 2. The number of methoxy groups -OCH3 is 1. The molecule has 1 aromatic heterocycles. The summed E-state index contributed by atoms with van der Waals surface area (Å²) in [5, 5.41) is 0. The Morgan fingerprint density at radius 2 is 2.03 bits per heavy atom. The Kier molecular flexibility index (Phi) is 8.14. The standard InChI is InChI=1S/C20H27N3O4S2/c1-3-27-11-10-23-16-7-6-15(26-2)12-17(16)29-20(23)21-18(24)13-28-14-19(25)22-8-4-5-9-22/h6-7,12H,3-5,8-11,13-14H2,1-2H3. The Balaban J connectivity index is 1.71. The molecule has 2 aromatic rings. The van der Waals surface area contributed by atoms with Gasteiger partial charge in [-0.2, -0.15) is 4.99 Å². The Labute approximate surface area is 178 Å². The summed E-state index contributed by atoms with van der Waals surface area (Å²) in [4.78, 5) is 31.4. The molecule has 7 nitrogen and oxygen atoms in total. The van der Waals surface area contributed by atoms with E-state index in [0.717, 1.165) is 41.9 Å². The molecule has 1 fully saturated rings. The summed E-state index contributed by atoms with van der Waals surface area (Å²) in [5.41, 5.74) is 0.999. The van der Waals surface area contributed by atoms with E-state index >= 15 is 0 Å². The van der Waals surface area contributed by atoms with Gasteiger partial charge in [-0.15, -0.1) is 11.8 Å². The van der Waals surface area contributed by atoms with E-state index in [1.165, 1.54) is 23.1 Å². The third-order valence-electron chi connectivity index (χ3n) is 4.68. The first kappa shape index (κ1) is 21.9. The Morgan fingerprint density at radius 1 is 1.24 bits per heavy atom. The number of aromatic nitrogens is 1. The van der Waals surface area contributed by atoms with Crippen LogP contribution in [0.1, 0.15) is 19.8 Å². The van der Waals surface area contributed by atoms with Gasteiger partial charge in [-0.3, -0.25) is 9.59 Å². The third kappa shape index (κ3) is 5.83. The quantitative estimate of drug-likeness (QED) is 0.564. The summed E-state index contributed by atoms with van der Waals surface area (Å²) in [5.74, 6) is 1.18. The number of thiazole rings is 1. The average molecular weight is 438 g/mol. The zero-order valence-corrected chi connectivity index (χ0v) is 18.5. The summed E-state index contributed by atoms with van der Waals surface area (Å²) < 4.78 is 13.8. The van der Waals surface area contributed by atoms with Crippen molar-refractivity contribution in [2.45, 2.75) is 26.3 Å². The number of hydrogen-bond donors (Lipinski definition) is 0. The van der Waals surface area contributed by atoms with Gasteiger partial charge in [-0.25, -0.2) is 0 Å². The number of fused-ring (bicyclic) bond motifs is 1. The van der Waals surface area contributed by atoms with E-state index in [-0.39, 0.29) is 17.6 Å². The van der Waals surface area contributed by atoms with Gasteiger partial charge in [0.05, 0.1) is 35.4 Å². The van der Waals surface area contributed by atoms with E-state index in [1.807, 2.05) is 34.6 Å². The van der Waals surface area contributed by atoms with Gasteiger partial charge >= 0.3 is 0 Å². The number of rotatable bonds is 9. The van der Waals surface area contributed by atoms with Gasteiger partial charge in [0.1, 0.15) is 5.75 Å². The highest BCUT2D eigenvalue weighted by atomic mass is 32.2. The van der Waals surface area contributed by atoms with Crippen molar-refractivity contribution in [1.82, 2.24) is 9.47 Å². The second kappa shape index (κ2) is 10.8. The molecule has 29 heavy (non-hydrogen) atoms. The van der Waals surface area contributed by atoms with Crippen molar-refractivity contribution < 1.29 is 19.1 Å². The molecular weight excluding hydrogens is 410 g/mol. The minimum Gasteiger partial charge on any atom is -0.497 e. The summed E-state index contributed by atoms with van der Waals surface area (Å²) in [6.45, 7) is 5.44. The van der Waals surface area contributed by atoms with Crippen LogP contribution in [0.2, 0.25) is 0 Å². The first-order chi connectivity index (χ1) is 14.1. The van der Waals surface area contributed by atoms with Crippen molar-refractivity contribution in [2.75, 3.05) is 44.9 Å². The normalized spacial score (nSPS) is 14.7. The molecule has 1 aliphatic heterocycles. The van der Waals surface area contributed by atoms with E-state index in [2.05, 4.69) is 4.99 Å². The van der Waals surface area contributed by atoms with Gasteiger partial charge < -0.3 is 18.9 Å². The van der Waals surface area contributed by atoms with Gasteiger partial charge in [0.2, 0.25) is 5.91 Å². The molecule has 1 aromatic carbocycles. The van der Waals surface area contributed by atoms with E-state index in [1.54, 1.807) is 7.11 Å². The van der Waals surface area contributed by atoms with Crippen molar-refractivity contribution in [3.63, 3.8) is 0 Å². The second-order valence-corrected chi connectivity index (χ2v) is 8.65. The topological polar surface area (TPSA) is 73.1 Å². The van der Waals surface area contributed by atoms with Crippen molar-refractivity contribution in [2.24, 2.45) is 4.99 Å². The maximum Gasteiger partial charge on any atom is 0.258 e. The molecule has 158 valence electrons. The lowest BCUT2D eigenvalue weighted by Gasteiger charge is -2.14. The van der Waals surface area contributed by atoms with E-state index in [9.17, 15) is 9.59 Å². The number of thioether (sulfide) groups is 1. The summed E-state index contributed by atoms with van der Waals surface area (Å²) in [6.07, 6.45) is 2.15. The maximum absolute atomic E-state index is 12.4. The summed E-state index contributed by atoms with van der Waals surface area (Å²) >= 11 is 2.79. The molecule has 0 radical (unpaired) electrons. The molecule has 0 spiro atoms. The lowest BCUT2D eigenvalue weighted by molar-refractivity contribution is -0.127. The van der Waals surface area contributed by atoms with Crippen LogP contribution < -0.4 is 9.54 Å². The lowest BCUT2D eigenvalue weighted by Crippen LogP contribution is -2.29. The van der Waals surface area contributed by atoms with Crippen LogP contribution in [-0.2, 0) is 20.9 Å². The van der Waals surface area contributed by atoms with Crippen LogP contribution in [0.15, 0.2) is 23.2 Å². The molecule has 0 atom stereocenters. The van der Waals surface area contributed by atoms with Crippen LogP contribution in [0.25, 0.3) is 10.2 Å². The fourth-order valence-electron chi connectivity index (χ4n) is 3.20. The third-order valence-corrected chi connectivity index (χ3v) is 6.63. The molecule has 0 saturated carbocycles. The van der Waals surface area contributed by atoms with Crippen molar-refractivity contribution in [3.8, 4) is 5.75 Å². The fourth-order valence-corrected chi connectivity index (χ4v) is 5.00. The molecule has 0 N–H and O–H groups in total. The molecular formula is C20H27N3O4S2. The van der Waals surface area contributed by atoms with Crippen LogP contribution in [0.3, 0.4) is 0 Å². The first-order valence-corrected chi connectivity index (χ1v) is 11.8. The van der Waals surface area contributed by atoms with Crippen molar-refractivity contribution in [3.05, 3.63) is 23.0 Å². The highest BCUT2D eigenvalue weighted by molar-refractivity contribution is 8.00. The van der Waals surface area contributed by atoms with Gasteiger partial charge in [0.25, 0.3) is 5.91 Å². The number of carbonyl (C=O) groups excluding carboxylic acids is 2. The number of amides is 2. The molecule has 0 unspecified atom stereocenters. The summed E-state index contributed by atoms with van der Waals surface area (Å²) in [7, 11) is 1.63. The van der Waals surface area contributed by atoms with Crippen LogP contribution in [0, 0.1) is 0 Å². The van der Waals surface area contributed by atoms with Gasteiger partial charge in [0, 0.05) is 26.2 Å². The number of hydrogen-bond acceptors (Lipinski definition) is 6. The van der Waals surface area contributed by atoms with Crippen LogP contribution in [0.5, 0.6) is 5.75 Å². The molecule has 0 bridgehead atoms.